The van der Waals surface area contributed by atoms with Gasteiger partial charge in [-0.25, -0.2) is 0 Å². The zero-order chi connectivity index (χ0) is 9.26. The maximum atomic E-state index is 11.1. The van der Waals surface area contributed by atoms with Crippen molar-refractivity contribution in [1.29, 1.82) is 0 Å². The Morgan fingerprint density at radius 3 is 3.00 bits per heavy atom. The van der Waals surface area contributed by atoms with Crippen LogP contribution in [0.15, 0.2) is 24.3 Å². The molecule has 3 heteroatoms. The van der Waals surface area contributed by atoms with Gasteiger partial charge in [0.15, 0.2) is 0 Å². The first kappa shape index (κ1) is 8.26. The first-order valence-corrected chi connectivity index (χ1v) is 4.37. The van der Waals surface area contributed by atoms with Crippen molar-refractivity contribution < 1.29 is 4.79 Å². The van der Waals surface area contributed by atoms with E-state index in [4.69, 9.17) is 5.73 Å². The number of fused-ring (bicyclic) bond motifs is 1. The highest BCUT2D eigenvalue weighted by molar-refractivity contribution is 5.83. The van der Waals surface area contributed by atoms with Crippen LogP contribution in [0.4, 0.5) is 0 Å². The zero-order valence-corrected chi connectivity index (χ0v) is 7.29. The Morgan fingerprint density at radius 2 is 2.23 bits per heavy atom. The average molecular weight is 176 g/mol. The third kappa shape index (κ3) is 1.42. The molecule has 1 heterocycles. The Kier molecular flexibility index (Phi) is 2.02. The second-order valence-electron chi connectivity index (χ2n) is 3.28. The molecule has 0 aliphatic carbocycles. The summed E-state index contributed by atoms with van der Waals surface area (Å²) in [5.41, 5.74) is 7.56. The molecule has 0 saturated carbocycles. The smallest absolute Gasteiger partial charge is 0.226 e. The summed E-state index contributed by atoms with van der Waals surface area (Å²) in [5.74, 6) is -0.412. The molecule has 1 aromatic carbocycles. The first-order chi connectivity index (χ1) is 6.29. The molecule has 1 aliphatic rings. The molecule has 3 nitrogen and oxygen atoms in total. The zero-order valence-electron chi connectivity index (χ0n) is 7.29. The molecular formula is C10H12N2O. The molecule has 1 aliphatic heterocycles. The van der Waals surface area contributed by atoms with Crippen LogP contribution in [-0.4, -0.2) is 12.5 Å². The molecule has 0 saturated heterocycles. The van der Waals surface area contributed by atoms with E-state index in [1.54, 1.807) is 0 Å². The lowest BCUT2D eigenvalue weighted by molar-refractivity contribution is -0.119. The Hall–Kier alpha value is -1.35. The van der Waals surface area contributed by atoms with Crippen molar-refractivity contribution in [3.63, 3.8) is 0 Å². The van der Waals surface area contributed by atoms with Gasteiger partial charge >= 0.3 is 0 Å². The van der Waals surface area contributed by atoms with Gasteiger partial charge in [0, 0.05) is 13.1 Å². The minimum atomic E-state index is -0.250. The van der Waals surface area contributed by atoms with Gasteiger partial charge in [0.2, 0.25) is 5.91 Å². The molecule has 0 spiro atoms. The third-order valence-corrected chi connectivity index (χ3v) is 2.44. The molecule has 0 aromatic heterocycles. The average Bonchev–Trinajstić information content (AvgIpc) is 2.17. The summed E-state index contributed by atoms with van der Waals surface area (Å²) >= 11 is 0. The number of carbonyl (C=O) groups is 1. The predicted octanol–water partition coefficient (Wildman–Crippen LogP) is 0.359. The number of nitrogens with one attached hydrogen (secondary N) is 1. The van der Waals surface area contributed by atoms with Gasteiger partial charge in [-0.05, 0) is 11.1 Å². The van der Waals surface area contributed by atoms with Gasteiger partial charge in [-0.1, -0.05) is 24.3 Å². The van der Waals surface area contributed by atoms with Crippen molar-refractivity contribution in [3.05, 3.63) is 35.4 Å². The Balaban J connectivity index is 2.42. The van der Waals surface area contributed by atoms with Crippen molar-refractivity contribution in [3.8, 4) is 0 Å². The monoisotopic (exact) mass is 176 g/mol. The number of carbonyl (C=O) groups excluding carboxylic acids is 1. The van der Waals surface area contributed by atoms with Gasteiger partial charge in [0.05, 0.1) is 5.92 Å². The minimum Gasteiger partial charge on any atom is -0.369 e. The highest BCUT2D eigenvalue weighted by Gasteiger charge is 2.23. The molecular weight excluding hydrogens is 164 g/mol. The van der Waals surface area contributed by atoms with Gasteiger partial charge in [0.25, 0.3) is 0 Å². The van der Waals surface area contributed by atoms with Crippen LogP contribution < -0.4 is 11.1 Å². The Morgan fingerprint density at radius 1 is 1.46 bits per heavy atom. The quantitative estimate of drug-likeness (QED) is 0.649. The summed E-state index contributed by atoms with van der Waals surface area (Å²) < 4.78 is 0. The molecule has 0 bridgehead atoms. The van der Waals surface area contributed by atoms with Gasteiger partial charge in [0.1, 0.15) is 0 Å². The molecule has 1 aromatic rings. The highest BCUT2D eigenvalue weighted by atomic mass is 16.1. The maximum absolute atomic E-state index is 11.1. The summed E-state index contributed by atoms with van der Waals surface area (Å²) in [5, 5.41) is 3.17. The van der Waals surface area contributed by atoms with Crippen LogP contribution in [0.3, 0.4) is 0 Å². The number of hydrogen-bond donors (Lipinski definition) is 2. The Bertz CT molecular complexity index is 335. The van der Waals surface area contributed by atoms with Crippen molar-refractivity contribution in [2.75, 3.05) is 6.54 Å². The molecule has 68 valence electrons. The maximum Gasteiger partial charge on any atom is 0.226 e. The SMILES string of the molecule is NC(=O)[C@H]1CNCc2ccccc21. The van der Waals surface area contributed by atoms with Crippen LogP contribution >= 0.6 is 0 Å². The van der Waals surface area contributed by atoms with Crippen LogP contribution in [0.1, 0.15) is 17.0 Å². The summed E-state index contributed by atoms with van der Waals surface area (Å²) in [6, 6.07) is 7.92. The van der Waals surface area contributed by atoms with Crippen LogP contribution in [0.2, 0.25) is 0 Å². The standard InChI is InChI=1S/C10H12N2O/c11-10(13)9-6-12-5-7-3-1-2-4-8(7)9/h1-4,9,12H,5-6H2,(H2,11,13)/t9-/m0/s1. The lowest BCUT2D eigenvalue weighted by Gasteiger charge is -2.23. The van der Waals surface area contributed by atoms with Crippen molar-refractivity contribution in [2.45, 2.75) is 12.5 Å². The van der Waals surface area contributed by atoms with Crippen molar-refractivity contribution in [1.82, 2.24) is 5.32 Å². The minimum absolute atomic E-state index is 0.162. The molecule has 1 atom stereocenters. The van der Waals surface area contributed by atoms with Crippen molar-refractivity contribution >= 4 is 5.91 Å². The van der Waals surface area contributed by atoms with E-state index in [9.17, 15) is 4.79 Å². The number of benzene rings is 1. The van der Waals surface area contributed by atoms with E-state index >= 15 is 0 Å². The van der Waals surface area contributed by atoms with Crippen LogP contribution in [0.5, 0.6) is 0 Å². The van der Waals surface area contributed by atoms with E-state index in [0.29, 0.717) is 6.54 Å². The number of hydrogen-bond acceptors (Lipinski definition) is 2. The fourth-order valence-electron chi connectivity index (χ4n) is 1.75. The summed E-state index contributed by atoms with van der Waals surface area (Å²) in [6.45, 7) is 1.49. The number of amides is 1. The Labute approximate surface area is 76.9 Å². The molecule has 0 fully saturated rings. The fraction of sp³-hybridized carbons (Fsp3) is 0.300. The second kappa shape index (κ2) is 3.18. The van der Waals surface area contributed by atoms with E-state index in [2.05, 4.69) is 5.32 Å². The van der Waals surface area contributed by atoms with E-state index < -0.39 is 0 Å². The van der Waals surface area contributed by atoms with Gasteiger partial charge in [-0.15, -0.1) is 0 Å². The first-order valence-electron chi connectivity index (χ1n) is 4.37. The van der Waals surface area contributed by atoms with Gasteiger partial charge in [-0.2, -0.15) is 0 Å². The number of nitrogens with two attached hydrogens (primary N) is 1. The van der Waals surface area contributed by atoms with Crippen LogP contribution in [0.25, 0.3) is 0 Å². The van der Waals surface area contributed by atoms with Crippen molar-refractivity contribution in [2.24, 2.45) is 5.73 Å². The van der Waals surface area contributed by atoms with Gasteiger partial charge < -0.3 is 11.1 Å². The van der Waals surface area contributed by atoms with E-state index in [1.165, 1.54) is 5.56 Å². The fourth-order valence-corrected chi connectivity index (χ4v) is 1.75. The number of primary amides is 1. The van der Waals surface area contributed by atoms with Crippen LogP contribution in [0, 0.1) is 0 Å². The molecule has 1 amide bonds. The molecule has 0 radical (unpaired) electrons. The van der Waals surface area contributed by atoms with E-state index in [1.807, 2.05) is 24.3 Å². The molecule has 2 rings (SSSR count). The summed E-state index contributed by atoms with van der Waals surface area (Å²) in [4.78, 5) is 11.1. The largest absolute Gasteiger partial charge is 0.369 e. The lowest BCUT2D eigenvalue weighted by Crippen LogP contribution is -2.35. The van der Waals surface area contributed by atoms with E-state index in [-0.39, 0.29) is 11.8 Å². The highest BCUT2D eigenvalue weighted by Crippen LogP contribution is 2.22. The third-order valence-electron chi connectivity index (χ3n) is 2.44. The topological polar surface area (TPSA) is 55.1 Å². The predicted molar refractivity (Wildman–Crippen MR) is 50.1 cm³/mol. The number of rotatable bonds is 1. The van der Waals surface area contributed by atoms with Gasteiger partial charge in [-0.3, -0.25) is 4.79 Å². The second-order valence-corrected chi connectivity index (χ2v) is 3.28. The van der Waals surface area contributed by atoms with Crippen LogP contribution in [-0.2, 0) is 11.3 Å². The summed E-state index contributed by atoms with van der Waals surface area (Å²) in [7, 11) is 0. The normalized spacial score (nSPS) is 20.8. The molecule has 0 unspecified atom stereocenters. The molecule has 13 heavy (non-hydrogen) atoms. The van der Waals surface area contributed by atoms with E-state index in [0.717, 1.165) is 12.1 Å². The lowest BCUT2D eigenvalue weighted by atomic mass is 9.90. The molecule has 3 N–H and O–H groups in total. The summed E-state index contributed by atoms with van der Waals surface area (Å²) in [6.07, 6.45) is 0.